The molecule has 0 bridgehead atoms. The minimum Gasteiger partial charge on any atom is -0.355 e. The average Bonchev–Trinajstić information content (AvgIpc) is 3.37. The number of carbonyl (C=O) groups excluding carboxylic acids is 1. The Kier molecular flexibility index (Phi) is 8.75. The lowest BCUT2D eigenvalue weighted by Crippen LogP contribution is -2.46. The standard InChI is InChI=1S/C29H35BrClFN4O3/c1-27(2,3)13-22-29(16-33,21-10-9-17(30)14-35-21)23(19-7-6-8-20(31)24(19)32)25(36-22)26(37)34-12-11-18-15-38-28(4,5)39-18/h6-10,14,18,22-23,25,36H,11-13,15H2,1-5H3,(H,34,37)/t18-,22-,23-,25+,29-/m0/s1. The lowest BCUT2D eigenvalue weighted by atomic mass is 9.64. The van der Waals surface area contributed by atoms with Gasteiger partial charge in [0, 0.05) is 29.2 Å². The minimum atomic E-state index is -1.35. The molecule has 3 heterocycles. The first-order valence-electron chi connectivity index (χ1n) is 13.1. The van der Waals surface area contributed by atoms with Gasteiger partial charge in [-0.25, -0.2) is 4.39 Å². The molecular formula is C29H35BrClFN4O3. The third-order valence-corrected chi connectivity index (χ3v) is 8.10. The predicted octanol–water partition coefficient (Wildman–Crippen LogP) is 5.62. The summed E-state index contributed by atoms with van der Waals surface area (Å²) in [6.07, 6.45) is 2.58. The van der Waals surface area contributed by atoms with Crippen molar-refractivity contribution in [1.29, 1.82) is 5.26 Å². The molecule has 2 aromatic rings. The van der Waals surface area contributed by atoms with Gasteiger partial charge in [0.25, 0.3) is 0 Å². The van der Waals surface area contributed by atoms with Crippen LogP contribution >= 0.6 is 27.5 Å². The number of benzene rings is 1. The lowest BCUT2D eigenvalue weighted by Gasteiger charge is -2.36. The van der Waals surface area contributed by atoms with Gasteiger partial charge >= 0.3 is 0 Å². The van der Waals surface area contributed by atoms with E-state index in [1.807, 2.05) is 13.8 Å². The predicted molar refractivity (Wildman–Crippen MR) is 151 cm³/mol. The molecule has 1 aromatic heterocycles. The smallest absolute Gasteiger partial charge is 0.237 e. The third kappa shape index (κ3) is 6.31. The highest BCUT2D eigenvalue weighted by atomic mass is 79.9. The summed E-state index contributed by atoms with van der Waals surface area (Å²) in [5.74, 6) is -2.52. The molecule has 5 atom stereocenters. The van der Waals surface area contributed by atoms with Gasteiger partial charge in [-0.15, -0.1) is 0 Å². The van der Waals surface area contributed by atoms with Crippen LogP contribution in [0, 0.1) is 22.6 Å². The molecule has 1 aromatic carbocycles. The van der Waals surface area contributed by atoms with E-state index in [0.29, 0.717) is 31.7 Å². The second kappa shape index (κ2) is 11.4. The second-order valence-corrected chi connectivity index (χ2v) is 13.3. The molecule has 0 saturated carbocycles. The van der Waals surface area contributed by atoms with Crippen LogP contribution in [0.2, 0.25) is 5.02 Å². The van der Waals surface area contributed by atoms with Gasteiger partial charge in [-0.2, -0.15) is 5.26 Å². The van der Waals surface area contributed by atoms with Crippen molar-refractivity contribution in [3.63, 3.8) is 0 Å². The Morgan fingerprint density at radius 2 is 2.08 bits per heavy atom. The van der Waals surface area contributed by atoms with Crippen LogP contribution < -0.4 is 10.6 Å². The lowest BCUT2D eigenvalue weighted by molar-refractivity contribution is -0.138. The van der Waals surface area contributed by atoms with Gasteiger partial charge in [0.1, 0.15) is 11.2 Å². The topological polar surface area (TPSA) is 96.3 Å². The first-order chi connectivity index (χ1) is 18.3. The van der Waals surface area contributed by atoms with Crippen molar-refractivity contribution in [3.8, 4) is 6.07 Å². The molecule has 2 fully saturated rings. The summed E-state index contributed by atoms with van der Waals surface area (Å²) < 4.78 is 27.9. The highest BCUT2D eigenvalue weighted by molar-refractivity contribution is 9.10. The number of aromatic nitrogens is 1. The number of ether oxygens (including phenoxy) is 2. The first-order valence-corrected chi connectivity index (χ1v) is 14.3. The summed E-state index contributed by atoms with van der Waals surface area (Å²) in [6, 6.07) is 9.37. The van der Waals surface area contributed by atoms with Crippen LogP contribution in [0.5, 0.6) is 0 Å². The number of hydrogen-bond donors (Lipinski definition) is 2. The Hall–Kier alpha value is -2.09. The van der Waals surface area contributed by atoms with Crippen LogP contribution in [0.15, 0.2) is 41.0 Å². The number of pyridine rings is 1. The Morgan fingerprint density at radius 1 is 1.33 bits per heavy atom. The van der Waals surface area contributed by atoms with E-state index in [9.17, 15) is 10.1 Å². The van der Waals surface area contributed by atoms with Crippen LogP contribution in [0.1, 0.15) is 64.6 Å². The molecule has 2 aliphatic heterocycles. The van der Waals surface area contributed by atoms with Crippen LogP contribution in [0.3, 0.4) is 0 Å². The Balaban J connectivity index is 1.75. The summed E-state index contributed by atoms with van der Waals surface area (Å²) in [5, 5.41) is 17.3. The number of nitrogens with one attached hydrogen (secondary N) is 2. The third-order valence-electron chi connectivity index (χ3n) is 7.34. The molecule has 10 heteroatoms. The fourth-order valence-electron chi connectivity index (χ4n) is 5.70. The van der Waals surface area contributed by atoms with Gasteiger partial charge in [-0.05, 0) is 71.8 Å². The van der Waals surface area contributed by atoms with Crippen molar-refractivity contribution in [2.24, 2.45) is 5.41 Å². The van der Waals surface area contributed by atoms with Crippen LogP contribution in [-0.2, 0) is 19.7 Å². The maximum Gasteiger partial charge on any atom is 0.237 e. The fourth-order valence-corrected chi connectivity index (χ4v) is 6.12. The van der Waals surface area contributed by atoms with Gasteiger partial charge in [0.05, 0.1) is 35.5 Å². The molecule has 2 saturated heterocycles. The Bertz CT molecular complexity index is 1250. The molecule has 2 aliphatic rings. The maximum atomic E-state index is 15.7. The normalized spacial score (nSPS) is 28.3. The SMILES string of the molecule is CC(C)(C)C[C@@H]1N[C@@H](C(=O)NCC[C@H]2COC(C)(C)O2)[C@H](c2cccc(Cl)c2F)[C@@]1(C#N)c1ccc(Br)cn1. The van der Waals surface area contributed by atoms with E-state index in [4.69, 9.17) is 21.1 Å². The highest BCUT2D eigenvalue weighted by Crippen LogP contribution is 2.51. The van der Waals surface area contributed by atoms with E-state index in [2.05, 4.69) is 58.4 Å². The summed E-state index contributed by atoms with van der Waals surface area (Å²) in [7, 11) is 0. The van der Waals surface area contributed by atoms with Crippen molar-refractivity contribution < 1.29 is 18.7 Å². The van der Waals surface area contributed by atoms with Crippen LogP contribution in [-0.4, -0.2) is 48.0 Å². The number of amides is 1. The zero-order valence-electron chi connectivity index (χ0n) is 22.9. The second-order valence-electron chi connectivity index (χ2n) is 12.0. The number of carbonyl (C=O) groups is 1. The molecule has 2 N–H and O–H groups in total. The zero-order valence-corrected chi connectivity index (χ0v) is 25.2. The van der Waals surface area contributed by atoms with Gasteiger partial charge in [-0.3, -0.25) is 9.78 Å². The van der Waals surface area contributed by atoms with E-state index >= 15 is 4.39 Å². The molecule has 1 amide bonds. The van der Waals surface area contributed by atoms with Crippen LogP contribution in [0.4, 0.5) is 4.39 Å². The average molecular weight is 622 g/mol. The number of halogens is 3. The van der Waals surface area contributed by atoms with Gasteiger partial charge < -0.3 is 20.1 Å². The number of nitrogens with zero attached hydrogens (tertiary/aromatic N) is 2. The first kappa shape index (κ1) is 29.9. The fraction of sp³-hybridized carbons (Fsp3) is 0.552. The molecule has 0 radical (unpaired) electrons. The summed E-state index contributed by atoms with van der Waals surface area (Å²) in [4.78, 5) is 18.4. The van der Waals surface area contributed by atoms with E-state index < -0.39 is 35.0 Å². The van der Waals surface area contributed by atoms with E-state index in [-0.39, 0.29) is 28.0 Å². The summed E-state index contributed by atoms with van der Waals surface area (Å²) in [5.41, 5.74) is -0.890. The largest absolute Gasteiger partial charge is 0.355 e. The van der Waals surface area contributed by atoms with E-state index in [1.165, 1.54) is 6.07 Å². The summed E-state index contributed by atoms with van der Waals surface area (Å²) >= 11 is 9.63. The maximum absolute atomic E-state index is 15.7. The highest BCUT2D eigenvalue weighted by Gasteiger charge is 2.61. The van der Waals surface area contributed by atoms with Crippen molar-refractivity contribution in [2.45, 2.75) is 82.8 Å². The van der Waals surface area contributed by atoms with E-state index in [1.54, 1.807) is 30.5 Å². The molecule has 0 aliphatic carbocycles. The van der Waals surface area contributed by atoms with Crippen molar-refractivity contribution >= 4 is 33.4 Å². The van der Waals surface area contributed by atoms with Gasteiger partial charge in [0.2, 0.25) is 5.91 Å². The van der Waals surface area contributed by atoms with Crippen molar-refractivity contribution in [1.82, 2.24) is 15.6 Å². The Morgan fingerprint density at radius 3 is 2.67 bits per heavy atom. The molecule has 210 valence electrons. The monoisotopic (exact) mass is 620 g/mol. The quantitative estimate of drug-likeness (QED) is 0.417. The van der Waals surface area contributed by atoms with Gasteiger partial charge in [0.15, 0.2) is 5.79 Å². The molecule has 7 nitrogen and oxygen atoms in total. The zero-order chi connectivity index (χ0) is 28.6. The Labute approximate surface area is 242 Å². The number of hydrogen-bond acceptors (Lipinski definition) is 6. The number of rotatable bonds is 7. The molecule has 0 unspecified atom stereocenters. The van der Waals surface area contributed by atoms with E-state index in [0.717, 1.165) is 4.47 Å². The van der Waals surface area contributed by atoms with Crippen molar-refractivity contribution in [2.75, 3.05) is 13.2 Å². The van der Waals surface area contributed by atoms with Crippen molar-refractivity contribution in [3.05, 3.63) is 63.1 Å². The molecule has 39 heavy (non-hydrogen) atoms. The molecule has 0 spiro atoms. The van der Waals surface area contributed by atoms with Gasteiger partial charge in [-0.1, -0.05) is 44.5 Å². The summed E-state index contributed by atoms with van der Waals surface area (Å²) in [6.45, 7) is 10.7. The minimum absolute atomic E-state index is 0.0671. The molecular weight excluding hydrogens is 587 g/mol. The van der Waals surface area contributed by atoms with Crippen LogP contribution in [0.25, 0.3) is 0 Å². The number of nitriles is 1. The molecule has 4 rings (SSSR count).